The van der Waals surface area contributed by atoms with Gasteiger partial charge in [0.25, 0.3) is 5.91 Å². The summed E-state index contributed by atoms with van der Waals surface area (Å²) in [7, 11) is 1.21. The first-order chi connectivity index (χ1) is 13.6. The summed E-state index contributed by atoms with van der Waals surface area (Å²) in [4.78, 5) is 37.6. The molecule has 1 aromatic heterocycles. The topological polar surface area (TPSA) is 84.5 Å². The Bertz CT molecular complexity index is 865. The van der Waals surface area contributed by atoms with Crippen LogP contribution in [-0.2, 0) is 28.1 Å². The lowest BCUT2D eigenvalue weighted by molar-refractivity contribution is -0.113. The summed E-state index contributed by atoms with van der Waals surface area (Å²) in [5, 5.41) is 5.60. The SMILES string of the molecule is COC(=O)NC(=O)c1c(NC(=O)CSCc2ccccc2)sc2c1CCCC2. The van der Waals surface area contributed by atoms with Gasteiger partial charge in [-0.25, -0.2) is 4.79 Å². The van der Waals surface area contributed by atoms with E-state index in [2.05, 4.69) is 15.4 Å². The number of hydrogen-bond acceptors (Lipinski definition) is 6. The highest BCUT2D eigenvalue weighted by Crippen LogP contribution is 2.38. The third-order valence-electron chi connectivity index (χ3n) is 4.40. The fourth-order valence-corrected chi connectivity index (χ4v) is 5.19. The highest BCUT2D eigenvalue weighted by Gasteiger charge is 2.27. The average molecular weight is 419 g/mol. The van der Waals surface area contributed by atoms with E-state index in [1.807, 2.05) is 30.3 Å². The standard InChI is InChI=1S/C20H22N2O4S2/c1-26-20(25)22-18(24)17-14-9-5-6-10-15(14)28-19(17)21-16(23)12-27-11-13-7-3-2-4-8-13/h2-4,7-8H,5-6,9-12H2,1H3,(H,21,23)(H,22,24,25). The molecule has 1 heterocycles. The molecule has 148 valence electrons. The van der Waals surface area contributed by atoms with Crippen LogP contribution in [0.3, 0.4) is 0 Å². The molecular weight excluding hydrogens is 396 g/mol. The fourth-order valence-electron chi connectivity index (χ4n) is 3.10. The van der Waals surface area contributed by atoms with E-state index in [4.69, 9.17) is 0 Å². The van der Waals surface area contributed by atoms with E-state index in [1.165, 1.54) is 30.2 Å². The molecule has 1 aromatic carbocycles. The Morgan fingerprint density at radius 3 is 2.64 bits per heavy atom. The molecule has 3 rings (SSSR count). The summed E-state index contributed by atoms with van der Waals surface area (Å²) >= 11 is 2.94. The number of imide groups is 1. The van der Waals surface area contributed by atoms with E-state index in [0.717, 1.165) is 47.4 Å². The second-order valence-electron chi connectivity index (χ2n) is 6.39. The zero-order valence-electron chi connectivity index (χ0n) is 15.6. The number of carbonyl (C=O) groups is 3. The summed E-state index contributed by atoms with van der Waals surface area (Å²) in [5.74, 6) is 0.338. The van der Waals surface area contributed by atoms with Crippen LogP contribution in [0.2, 0.25) is 0 Å². The predicted octanol–water partition coefficient (Wildman–Crippen LogP) is 4.00. The minimum atomic E-state index is -0.809. The maximum absolute atomic E-state index is 12.6. The number of ether oxygens (including phenoxy) is 1. The monoisotopic (exact) mass is 418 g/mol. The van der Waals surface area contributed by atoms with Crippen LogP contribution in [0.15, 0.2) is 30.3 Å². The molecule has 2 N–H and O–H groups in total. The first kappa shape index (κ1) is 20.4. The Kier molecular flexibility index (Phi) is 7.11. The number of aryl methyl sites for hydroxylation is 1. The first-order valence-corrected chi connectivity index (χ1v) is 11.0. The number of benzene rings is 1. The fraction of sp³-hybridized carbons (Fsp3) is 0.350. The molecule has 1 aliphatic carbocycles. The lowest BCUT2D eigenvalue weighted by Crippen LogP contribution is -2.31. The van der Waals surface area contributed by atoms with Crippen molar-refractivity contribution in [3.63, 3.8) is 0 Å². The van der Waals surface area contributed by atoms with Crippen molar-refractivity contribution in [2.24, 2.45) is 0 Å². The van der Waals surface area contributed by atoms with Gasteiger partial charge < -0.3 is 10.1 Å². The Hall–Kier alpha value is -2.32. The Morgan fingerprint density at radius 1 is 1.14 bits per heavy atom. The molecule has 0 radical (unpaired) electrons. The number of anilines is 1. The summed E-state index contributed by atoms with van der Waals surface area (Å²) in [6.45, 7) is 0. The van der Waals surface area contributed by atoms with Gasteiger partial charge in [0.2, 0.25) is 5.91 Å². The smallest absolute Gasteiger partial charge is 0.413 e. The Labute approximate surface area is 172 Å². The van der Waals surface area contributed by atoms with Crippen molar-refractivity contribution in [3.8, 4) is 0 Å². The van der Waals surface area contributed by atoms with Gasteiger partial charge in [-0.3, -0.25) is 14.9 Å². The summed E-state index contributed by atoms with van der Waals surface area (Å²) in [6, 6.07) is 9.94. The number of rotatable bonds is 6. The molecule has 0 atom stereocenters. The van der Waals surface area contributed by atoms with Crippen LogP contribution in [-0.4, -0.2) is 30.8 Å². The van der Waals surface area contributed by atoms with Crippen LogP contribution in [0.1, 0.15) is 39.2 Å². The quantitative estimate of drug-likeness (QED) is 0.741. The van der Waals surface area contributed by atoms with Crippen LogP contribution in [0, 0.1) is 0 Å². The van der Waals surface area contributed by atoms with Gasteiger partial charge >= 0.3 is 6.09 Å². The third-order valence-corrected chi connectivity index (χ3v) is 6.61. The van der Waals surface area contributed by atoms with E-state index < -0.39 is 12.0 Å². The average Bonchev–Trinajstić information content (AvgIpc) is 3.06. The van der Waals surface area contributed by atoms with E-state index in [1.54, 1.807) is 0 Å². The minimum absolute atomic E-state index is 0.161. The van der Waals surface area contributed by atoms with Gasteiger partial charge in [-0.15, -0.1) is 23.1 Å². The molecule has 28 heavy (non-hydrogen) atoms. The number of nitrogens with one attached hydrogen (secondary N) is 2. The predicted molar refractivity (Wildman–Crippen MR) is 112 cm³/mol. The van der Waals surface area contributed by atoms with Crippen LogP contribution in [0.5, 0.6) is 0 Å². The molecule has 0 aliphatic heterocycles. The largest absolute Gasteiger partial charge is 0.453 e. The maximum Gasteiger partial charge on any atom is 0.413 e. The number of methoxy groups -OCH3 is 1. The molecule has 8 heteroatoms. The molecular formula is C20H22N2O4S2. The van der Waals surface area contributed by atoms with Crippen molar-refractivity contribution in [1.82, 2.24) is 5.32 Å². The normalized spacial score (nSPS) is 12.8. The van der Waals surface area contributed by atoms with Gasteiger partial charge in [-0.05, 0) is 36.8 Å². The highest BCUT2D eigenvalue weighted by molar-refractivity contribution is 7.99. The van der Waals surface area contributed by atoms with Crippen LogP contribution < -0.4 is 10.6 Å². The Morgan fingerprint density at radius 2 is 1.89 bits per heavy atom. The van der Waals surface area contributed by atoms with Crippen molar-refractivity contribution >= 4 is 46.0 Å². The lowest BCUT2D eigenvalue weighted by atomic mass is 9.95. The number of thioether (sulfide) groups is 1. The second-order valence-corrected chi connectivity index (χ2v) is 8.48. The van der Waals surface area contributed by atoms with E-state index in [0.29, 0.717) is 10.6 Å². The van der Waals surface area contributed by atoms with Crippen molar-refractivity contribution in [2.45, 2.75) is 31.4 Å². The van der Waals surface area contributed by atoms with Crippen molar-refractivity contribution in [2.75, 3.05) is 18.2 Å². The molecule has 6 nitrogen and oxygen atoms in total. The molecule has 0 fully saturated rings. The molecule has 0 saturated heterocycles. The van der Waals surface area contributed by atoms with Crippen molar-refractivity contribution < 1.29 is 19.1 Å². The summed E-state index contributed by atoms with van der Waals surface area (Å²) < 4.78 is 4.52. The zero-order valence-corrected chi connectivity index (χ0v) is 17.2. The van der Waals surface area contributed by atoms with Crippen LogP contribution >= 0.6 is 23.1 Å². The molecule has 0 bridgehead atoms. The van der Waals surface area contributed by atoms with Gasteiger partial charge in [0.15, 0.2) is 0 Å². The number of carbonyl (C=O) groups excluding carboxylic acids is 3. The Balaban J connectivity index is 1.68. The molecule has 3 amide bonds. The lowest BCUT2D eigenvalue weighted by Gasteiger charge is -2.12. The van der Waals surface area contributed by atoms with E-state index in [9.17, 15) is 14.4 Å². The van der Waals surface area contributed by atoms with E-state index in [-0.39, 0.29) is 11.7 Å². The summed E-state index contributed by atoms with van der Waals surface area (Å²) in [5.41, 5.74) is 2.49. The second kappa shape index (κ2) is 9.75. The highest BCUT2D eigenvalue weighted by atomic mass is 32.2. The minimum Gasteiger partial charge on any atom is -0.453 e. The van der Waals surface area contributed by atoms with Gasteiger partial charge in [-0.1, -0.05) is 30.3 Å². The van der Waals surface area contributed by atoms with Crippen molar-refractivity contribution in [1.29, 1.82) is 0 Å². The van der Waals surface area contributed by atoms with E-state index >= 15 is 0 Å². The molecule has 0 spiro atoms. The molecule has 0 unspecified atom stereocenters. The van der Waals surface area contributed by atoms with Crippen LogP contribution in [0.25, 0.3) is 0 Å². The summed E-state index contributed by atoms with van der Waals surface area (Å²) in [6.07, 6.45) is 2.90. The van der Waals surface area contributed by atoms with Crippen molar-refractivity contribution in [3.05, 3.63) is 51.9 Å². The number of fused-ring (bicyclic) bond motifs is 1. The number of alkyl carbamates (subject to hydrolysis) is 1. The van der Waals surface area contributed by atoms with Gasteiger partial charge in [0.05, 0.1) is 18.4 Å². The van der Waals surface area contributed by atoms with Gasteiger partial charge in [0.1, 0.15) is 5.00 Å². The number of hydrogen-bond donors (Lipinski definition) is 2. The zero-order chi connectivity index (χ0) is 19.9. The molecule has 0 saturated carbocycles. The molecule has 1 aliphatic rings. The molecule has 2 aromatic rings. The van der Waals surface area contributed by atoms with Gasteiger partial charge in [0, 0.05) is 10.6 Å². The van der Waals surface area contributed by atoms with Gasteiger partial charge in [-0.2, -0.15) is 0 Å². The number of amides is 3. The number of thiophene rings is 1. The maximum atomic E-state index is 12.6. The third kappa shape index (κ3) is 5.14. The van der Waals surface area contributed by atoms with Crippen LogP contribution in [0.4, 0.5) is 9.80 Å². The first-order valence-electron chi connectivity index (χ1n) is 9.04.